The summed E-state index contributed by atoms with van der Waals surface area (Å²) in [6.07, 6.45) is 0. The number of anilines is 1. The van der Waals surface area contributed by atoms with Gasteiger partial charge in [-0.15, -0.1) is 11.3 Å². The fraction of sp³-hybridized carbons (Fsp3) is 0.136. The van der Waals surface area contributed by atoms with Crippen LogP contribution < -0.4 is 10.1 Å². The molecular weight excluding hydrogens is 403 g/mol. The Hall–Kier alpha value is -3.70. The van der Waals surface area contributed by atoms with Crippen LogP contribution >= 0.6 is 11.3 Å². The van der Waals surface area contributed by atoms with Crippen LogP contribution in [0, 0.1) is 24.1 Å². The Kier molecular flexibility index (Phi) is 5.21. The van der Waals surface area contributed by atoms with Crippen molar-refractivity contribution in [1.82, 2.24) is 9.78 Å². The molecule has 2 aromatic heterocycles. The molecule has 0 saturated heterocycles. The lowest BCUT2D eigenvalue weighted by molar-refractivity contribution is 0.103. The summed E-state index contributed by atoms with van der Waals surface area (Å²) in [6.45, 7) is 4.14. The molecule has 0 radical (unpaired) electrons. The molecule has 150 valence electrons. The molecule has 0 unspecified atom stereocenters. The van der Waals surface area contributed by atoms with E-state index >= 15 is 0 Å². The molecule has 2 aromatic carbocycles. The van der Waals surface area contributed by atoms with Gasteiger partial charge in [0.05, 0.1) is 40.2 Å². The number of aryl methyl sites for hydroxylation is 1. The van der Waals surface area contributed by atoms with Gasteiger partial charge in [0.15, 0.2) is 0 Å². The van der Waals surface area contributed by atoms with Crippen LogP contribution in [0.4, 0.5) is 10.1 Å². The van der Waals surface area contributed by atoms with Gasteiger partial charge >= 0.3 is 0 Å². The second kappa shape index (κ2) is 7.97. The summed E-state index contributed by atoms with van der Waals surface area (Å²) in [7, 11) is 0. The SMILES string of the molecule is CCOc1ccc(C#N)cc1NC(=O)c1cc2c(C)nn(-c3ccc(F)cc3)c2s1. The summed E-state index contributed by atoms with van der Waals surface area (Å²) in [5, 5.41) is 17.4. The third-order valence-corrected chi connectivity index (χ3v) is 5.61. The molecule has 0 spiro atoms. The van der Waals surface area contributed by atoms with Crippen molar-refractivity contribution in [3.8, 4) is 17.5 Å². The van der Waals surface area contributed by atoms with Crippen LogP contribution in [-0.4, -0.2) is 22.3 Å². The number of thiophene rings is 1. The predicted octanol–water partition coefficient (Wildman–Crippen LogP) is 5.06. The summed E-state index contributed by atoms with van der Waals surface area (Å²) in [5.74, 6) is -0.133. The summed E-state index contributed by atoms with van der Waals surface area (Å²) in [6, 6.07) is 14.8. The Labute approximate surface area is 176 Å². The van der Waals surface area contributed by atoms with E-state index in [4.69, 9.17) is 10.00 Å². The fourth-order valence-electron chi connectivity index (χ4n) is 3.08. The maximum absolute atomic E-state index is 13.3. The lowest BCUT2D eigenvalue weighted by atomic mass is 10.2. The third kappa shape index (κ3) is 3.63. The van der Waals surface area contributed by atoms with E-state index in [9.17, 15) is 9.18 Å². The summed E-state index contributed by atoms with van der Waals surface area (Å²) >= 11 is 1.29. The van der Waals surface area contributed by atoms with Gasteiger partial charge in [-0.3, -0.25) is 4.79 Å². The van der Waals surface area contributed by atoms with Gasteiger partial charge in [0, 0.05) is 5.39 Å². The molecule has 8 heteroatoms. The highest BCUT2D eigenvalue weighted by Crippen LogP contribution is 2.32. The van der Waals surface area contributed by atoms with Crippen LogP contribution in [0.2, 0.25) is 0 Å². The zero-order chi connectivity index (χ0) is 21.3. The Balaban J connectivity index is 1.69. The molecule has 2 heterocycles. The minimum absolute atomic E-state index is 0.308. The zero-order valence-corrected chi connectivity index (χ0v) is 17.1. The van der Waals surface area contributed by atoms with Gasteiger partial charge in [-0.1, -0.05) is 0 Å². The summed E-state index contributed by atoms with van der Waals surface area (Å²) < 4.78 is 20.5. The molecule has 1 amide bonds. The number of carbonyl (C=O) groups excluding carboxylic acids is 1. The fourth-order valence-corrected chi connectivity index (χ4v) is 4.16. The monoisotopic (exact) mass is 420 g/mol. The van der Waals surface area contributed by atoms with Crippen molar-refractivity contribution in [2.24, 2.45) is 0 Å². The van der Waals surface area contributed by atoms with Crippen LogP contribution in [0.5, 0.6) is 5.75 Å². The summed E-state index contributed by atoms with van der Waals surface area (Å²) in [4.78, 5) is 14.2. The number of nitrogens with zero attached hydrogens (tertiary/aromatic N) is 3. The first-order valence-electron chi connectivity index (χ1n) is 9.23. The van der Waals surface area contributed by atoms with E-state index in [1.54, 1.807) is 41.1 Å². The topological polar surface area (TPSA) is 79.9 Å². The van der Waals surface area contributed by atoms with Crippen molar-refractivity contribution in [2.75, 3.05) is 11.9 Å². The largest absolute Gasteiger partial charge is 0.492 e. The lowest BCUT2D eigenvalue weighted by Gasteiger charge is -2.11. The molecule has 4 rings (SSSR count). The second-order valence-corrected chi connectivity index (χ2v) is 7.54. The standard InChI is InChI=1S/C22H17FN4O2S/c1-3-29-19-9-4-14(12-24)10-18(19)25-21(28)20-11-17-13(2)26-27(22(17)30-20)16-7-5-15(23)6-8-16/h4-11H,3H2,1-2H3,(H,25,28). The van der Waals surface area contributed by atoms with Crippen molar-refractivity contribution < 1.29 is 13.9 Å². The zero-order valence-electron chi connectivity index (χ0n) is 16.3. The smallest absolute Gasteiger partial charge is 0.265 e. The molecule has 0 saturated carbocycles. The number of fused-ring (bicyclic) bond motifs is 1. The Bertz CT molecular complexity index is 1290. The van der Waals surface area contributed by atoms with Crippen molar-refractivity contribution in [3.05, 3.63) is 70.5 Å². The minimum Gasteiger partial charge on any atom is -0.492 e. The number of aromatic nitrogens is 2. The van der Waals surface area contributed by atoms with Crippen molar-refractivity contribution in [1.29, 1.82) is 5.26 Å². The van der Waals surface area contributed by atoms with E-state index in [0.29, 0.717) is 34.2 Å². The van der Waals surface area contributed by atoms with Gasteiger partial charge < -0.3 is 10.1 Å². The molecule has 30 heavy (non-hydrogen) atoms. The molecule has 0 aliphatic rings. The molecule has 0 aliphatic carbocycles. The maximum Gasteiger partial charge on any atom is 0.265 e. The van der Waals surface area contributed by atoms with Crippen molar-refractivity contribution in [3.63, 3.8) is 0 Å². The Morgan fingerprint density at radius 2 is 2.03 bits per heavy atom. The first-order valence-corrected chi connectivity index (χ1v) is 10.0. The van der Waals surface area contributed by atoms with Crippen molar-refractivity contribution >= 4 is 33.1 Å². The van der Waals surface area contributed by atoms with E-state index in [0.717, 1.165) is 15.9 Å². The summed E-state index contributed by atoms with van der Waals surface area (Å²) in [5.41, 5.74) is 2.35. The number of hydrogen-bond donors (Lipinski definition) is 1. The number of carbonyl (C=O) groups is 1. The highest BCUT2D eigenvalue weighted by molar-refractivity contribution is 7.20. The molecule has 0 bridgehead atoms. The van der Waals surface area contributed by atoms with E-state index in [1.165, 1.54) is 23.5 Å². The number of ether oxygens (including phenoxy) is 1. The van der Waals surface area contributed by atoms with E-state index < -0.39 is 0 Å². The van der Waals surface area contributed by atoms with Gasteiger partial charge in [0.25, 0.3) is 5.91 Å². The van der Waals surface area contributed by atoms with E-state index in [2.05, 4.69) is 16.5 Å². The number of rotatable bonds is 5. The van der Waals surface area contributed by atoms with Gasteiger partial charge in [0.1, 0.15) is 16.4 Å². The van der Waals surface area contributed by atoms with Crippen LogP contribution in [-0.2, 0) is 0 Å². The van der Waals surface area contributed by atoms with E-state index in [-0.39, 0.29) is 11.7 Å². The van der Waals surface area contributed by atoms with Gasteiger partial charge in [-0.2, -0.15) is 10.4 Å². The van der Waals surface area contributed by atoms with Crippen LogP contribution in [0.25, 0.3) is 15.9 Å². The highest BCUT2D eigenvalue weighted by atomic mass is 32.1. The molecule has 0 aliphatic heterocycles. The second-order valence-electron chi connectivity index (χ2n) is 6.51. The van der Waals surface area contributed by atoms with E-state index in [1.807, 2.05) is 13.8 Å². The molecule has 0 fully saturated rings. The predicted molar refractivity (Wildman–Crippen MR) is 114 cm³/mol. The quantitative estimate of drug-likeness (QED) is 0.490. The average Bonchev–Trinajstić information content (AvgIpc) is 3.31. The number of amides is 1. The first-order chi connectivity index (χ1) is 14.5. The normalized spacial score (nSPS) is 10.7. The van der Waals surface area contributed by atoms with Crippen LogP contribution in [0.3, 0.4) is 0 Å². The number of nitrogens with one attached hydrogen (secondary N) is 1. The minimum atomic E-state index is -0.324. The molecule has 0 atom stereocenters. The maximum atomic E-state index is 13.3. The third-order valence-electron chi connectivity index (χ3n) is 4.50. The number of halogens is 1. The molecule has 1 N–H and O–H groups in total. The molecular formula is C22H17FN4O2S. The van der Waals surface area contributed by atoms with Gasteiger partial charge in [0.2, 0.25) is 0 Å². The van der Waals surface area contributed by atoms with Gasteiger partial charge in [-0.05, 0) is 62.4 Å². The lowest BCUT2D eigenvalue weighted by Crippen LogP contribution is -2.11. The number of hydrogen-bond acceptors (Lipinski definition) is 5. The molecule has 6 nitrogen and oxygen atoms in total. The molecule has 4 aromatic rings. The van der Waals surface area contributed by atoms with Crippen LogP contribution in [0.1, 0.15) is 27.9 Å². The van der Waals surface area contributed by atoms with Gasteiger partial charge in [-0.25, -0.2) is 9.07 Å². The number of nitriles is 1. The average molecular weight is 420 g/mol. The number of benzene rings is 2. The highest BCUT2D eigenvalue weighted by Gasteiger charge is 2.18. The Morgan fingerprint density at radius 3 is 2.73 bits per heavy atom. The Morgan fingerprint density at radius 1 is 1.27 bits per heavy atom. The van der Waals surface area contributed by atoms with Crippen LogP contribution in [0.15, 0.2) is 48.5 Å². The van der Waals surface area contributed by atoms with Crippen molar-refractivity contribution in [2.45, 2.75) is 13.8 Å². The first kappa shape index (κ1) is 19.6.